The molecule has 0 amide bonds. The molecule has 1 saturated carbocycles. The van der Waals surface area contributed by atoms with Crippen LogP contribution in [0.4, 0.5) is 0 Å². The molecule has 1 N–H and O–H groups in total. The van der Waals surface area contributed by atoms with E-state index in [0.717, 1.165) is 40.7 Å². The van der Waals surface area contributed by atoms with Gasteiger partial charge in [0.15, 0.2) is 5.11 Å². The van der Waals surface area contributed by atoms with Crippen molar-refractivity contribution in [3.05, 3.63) is 82.9 Å². The number of carbonyl (C=O) groups is 1. The molecule has 5 rings (SSSR count). The molecule has 6 nitrogen and oxygen atoms in total. The smallest absolute Gasteiger partial charge is 0.337 e. The van der Waals surface area contributed by atoms with Crippen molar-refractivity contribution in [1.29, 1.82) is 0 Å². The summed E-state index contributed by atoms with van der Waals surface area (Å²) in [5.74, 6) is -0.336. The predicted octanol–water partition coefficient (Wildman–Crippen LogP) is 5.19. The molecule has 7 heteroatoms. The third-order valence-corrected chi connectivity index (χ3v) is 7.50. The minimum Gasteiger partial charge on any atom is -0.465 e. The molecule has 2 aliphatic rings. The Kier molecular flexibility index (Phi) is 6.13. The van der Waals surface area contributed by atoms with Gasteiger partial charge in [-0.15, -0.1) is 0 Å². The lowest BCUT2D eigenvalue weighted by molar-refractivity contribution is 0.0600. The molecule has 1 aromatic carbocycles. The molecule has 1 aliphatic heterocycles. The van der Waals surface area contributed by atoms with Crippen LogP contribution in [0.25, 0.3) is 5.69 Å². The Morgan fingerprint density at radius 2 is 1.91 bits per heavy atom. The van der Waals surface area contributed by atoms with Crippen molar-refractivity contribution in [2.75, 3.05) is 7.11 Å². The van der Waals surface area contributed by atoms with Crippen LogP contribution < -0.4 is 5.32 Å². The molecular formula is C27H30N4O2S. The Hall–Kier alpha value is -3.19. The van der Waals surface area contributed by atoms with E-state index >= 15 is 0 Å². The summed E-state index contributed by atoms with van der Waals surface area (Å²) in [5.41, 5.74) is 5.96. The van der Waals surface area contributed by atoms with Gasteiger partial charge in [0, 0.05) is 29.3 Å². The highest BCUT2D eigenvalue weighted by molar-refractivity contribution is 7.80. The van der Waals surface area contributed by atoms with Crippen LogP contribution in [0, 0.1) is 13.8 Å². The summed E-state index contributed by atoms with van der Waals surface area (Å²) >= 11 is 5.90. The molecule has 2 aromatic heterocycles. The second-order valence-electron chi connectivity index (χ2n) is 9.18. The summed E-state index contributed by atoms with van der Waals surface area (Å²) in [4.78, 5) is 19.3. The molecule has 1 saturated heterocycles. The van der Waals surface area contributed by atoms with Gasteiger partial charge in [0.25, 0.3) is 0 Å². The van der Waals surface area contributed by atoms with E-state index < -0.39 is 0 Å². The van der Waals surface area contributed by atoms with Gasteiger partial charge < -0.3 is 19.5 Å². The van der Waals surface area contributed by atoms with E-state index in [-0.39, 0.29) is 18.1 Å². The lowest BCUT2D eigenvalue weighted by atomic mass is 9.95. The quantitative estimate of drug-likeness (QED) is 0.406. The van der Waals surface area contributed by atoms with Crippen LogP contribution in [0.5, 0.6) is 0 Å². The van der Waals surface area contributed by atoms with Crippen molar-refractivity contribution in [1.82, 2.24) is 19.8 Å². The Balaban J connectivity index is 1.62. The monoisotopic (exact) mass is 474 g/mol. The van der Waals surface area contributed by atoms with E-state index in [1.54, 1.807) is 6.07 Å². The van der Waals surface area contributed by atoms with Crippen molar-refractivity contribution in [3.63, 3.8) is 0 Å². The Morgan fingerprint density at radius 3 is 2.62 bits per heavy atom. The maximum absolute atomic E-state index is 12.1. The number of nitrogens with zero attached hydrogens (tertiary/aromatic N) is 3. The van der Waals surface area contributed by atoms with Gasteiger partial charge in [-0.3, -0.25) is 4.98 Å². The first-order valence-electron chi connectivity index (χ1n) is 11.9. The van der Waals surface area contributed by atoms with Crippen LogP contribution in [-0.4, -0.2) is 38.7 Å². The first-order valence-corrected chi connectivity index (χ1v) is 12.3. The number of benzene rings is 1. The second kappa shape index (κ2) is 9.22. The van der Waals surface area contributed by atoms with Crippen LogP contribution in [0.2, 0.25) is 0 Å². The molecular weight excluding hydrogens is 444 g/mol. The number of thiocarbonyl (C=S) groups is 1. The maximum Gasteiger partial charge on any atom is 0.337 e. The Labute approximate surface area is 205 Å². The third-order valence-electron chi connectivity index (χ3n) is 7.17. The van der Waals surface area contributed by atoms with Gasteiger partial charge >= 0.3 is 5.97 Å². The van der Waals surface area contributed by atoms with Gasteiger partial charge in [-0.2, -0.15) is 0 Å². The second-order valence-corrected chi connectivity index (χ2v) is 9.56. The number of nitrogens with one attached hydrogen (secondary N) is 1. The molecule has 3 heterocycles. The topological polar surface area (TPSA) is 59.4 Å². The average Bonchev–Trinajstić information content (AvgIpc) is 3.56. The highest BCUT2D eigenvalue weighted by Crippen LogP contribution is 2.44. The highest BCUT2D eigenvalue weighted by atomic mass is 32.1. The van der Waals surface area contributed by atoms with E-state index in [0.29, 0.717) is 11.6 Å². The number of aryl methyl sites for hydroxylation is 1. The molecule has 2 atom stereocenters. The van der Waals surface area contributed by atoms with Gasteiger partial charge in [0.1, 0.15) is 0 Å². The number of methoxy groups -OCH3 is 1. The summed E-state index contributed by atoms with van der Waals surface area (Å²) in [7, 11) is 1.41. The zero-order valence-corrected chi connectivity index (χ0v) is 20.6. The lowest BCUT2D eigenvalue weighted by Crippen LogP contribution is -2.37. The maximum atomic E-state index is 12.1. The fourth-order valence-corrected chi connectivity index (χ4v) is 6.04. The fraction of sp³-hybridized carbons (Fsp3) is 0.370. The molecule has 34 heavy (non-hydrogen) atoms. The van der Waals surface area contributed by atoms with E-state index in [9.17, 15) is 4.79 Å². The molecule has 0 radical (unpaired) electrons. The molecule has 2 fully saturated rings. The number of rotatable bonds is 5. The number of carbonyl (C=O) groups excluding carboxylic acids is 1. The minimum atomic E-state index is -0.336. The number of hydrogen-bond acceptors (Lipinski definition) is 4. The third kappa shape index (κ3) is 3.88. The van der Waals surface area contributed by atoms with E-state index in [2.05, 4.69) is 45.7 Å². The molecule has 1 aliphatic carbocycles. The van der Waals surface area contributed by atoms with Crippen LogP contribution in [0.1, 0.15) is 70.8 Å². The SMILES string of the molecule is COC(=O)c1cccc(-n2c(C)cc([C@H]3[C@H](c4ccccn4)NC(=S)N3C3CCCC3)c2C)c1. The summed E-state index contributed by atoms with van der Waals surface area (Å²) in [6.07, 6.45) is 6.64. The van der Waals surface area contributed by atoms with E-state index in [1.807, 2.05) is 36.5 Å². The fourth-order valence-electron chi connectivity index (χ4n) is 5.65. The number of aromatic nitrogens is 2. The predicted molar refractivity (Wildman–Crippen MR) is 136 cm³/mol. The largest absolute Gasteiger partial charge is 0.465 e. The van der Waals surface area contributed by atoms with Gasteiger partial charge in [0.05, 0.1) is 30.5 Å². The zero-order valence-electron chi connectivity index (χ0n) is 19.8. The Bertz CT molecular complexity index is 1220. The van der Waals surface area contributed by atoms with Gasteiger partial charge in [-0.25, -0.2) is 4.79 Å². The first kappa shape index (κ1) is 22.6. The highest BCUT2D eigenvalue weighted by Gasteiger charge is 2.44. The molecule has 0 unspecified atom stereocenters. The molecule has 3 aromatic rings. The van der Waals surface area contributed by atoms with Crippen LogP contribution in [-0.2, 0) is 4.74 Å². The lowest BCUT2D eigenvalue weighted by Gasteiger charge is -2.33. The number of hydrogen-bond donors (Lipinski definition) is 1. The summed E-state index contributed by atoms with van der Waals surface area (Å²) < 4.78 is 7.15. The Morgan fingerprint density at radius 1 is 1.12 bits per heavy atom. The normalized spacial score (nSPS) is 20.6. The van der Waals surface area contributed by atoms with Crippen molar-refractivity contribution < 1.29 is 9.53 Å². The summed E-state index contributed by atoms with van der Waals surface area (Å²) in [6, 6.07) is 16.4. The van der Waals surface area contributed by atoms with E-state index in [1.165, 1.54) is 25.5 Å². The number of pyridine rings is 1. The van der Waals surface area contributed by atoms with Crippen LogP contribution in [0.15, 0.2) is 54.7 Å². The summed E-state index contributed by atoms with van der Waals surface area (Å²) in [6.45, 7) is 4.26. The zero-order chi connectivity index (χ0) is 23.8. The van der Waals surface area contributed by atoms with Crippen molar-refractivity contribution in [2.45, 2.75) is 57.7 Å². The summed E-state index contributed by atoms with van der Waals surface area (Å²) in [5, 5.41) is 4.41. The van der Waals surface area contributed by atoms with E-state index in [4.69, 9.17) is 17.0 Å². The molecule has 0 bridgehead atoms. The first-order chi connectivity index (χ1) is 16.5. The minimum absolute atomic E-state index is 0.0235. The standard InChI is InChI=1S/C27H30N4O2S/c1-17-15-22(18(2)30(17)21-12-8-9-19(16-21)26(32)33-3)25-24(23-13-6-7-14-28-23)29-27(34)31(25)20-10-4-5-11-20/h6-9,12-16,20,24-25H,4-5,10-11H2,1-3H3,(H,29,34)/t24-,25-/m0/s1. The van der Waals surface area contributed by atoms with Gasteiger partial charge in [-0.05, 0) is 80.9 Å². The number of ether oxygens (including phenoxy) is 1. The average molecular weight is 475 g/mol. The van der Waals surface area contributed by atoms with Crippen LogP contribution >= 0.6 is 12.2 Å². The molecule has 176 valence electrons. The van der Waals surface area contributed by atoms with Crippen molar-refractivity contribution in [3.8, 4) is 5.69 Å². The van der Waals surface area contributed by atoms with Crippen molar-refractivity contribution in [2.24, 2.45) is 0 Å². The number of esters is 1. The molecule has 0 spiro atoms. The van der Waals surface area contributed by atoms with Gasteiger partial charge in [-0.1, -0.05) is 25.0 Å². The van der Waals surface area contributed by atoms with Gasteiger partial charge in [0.2, 0.25) is 0 Å². The van der Waals surface area contributed by atoms with Crippen molar-refractivity contribution >= 4 is 23.3 Å². The van der Waals surface area contributed by atoms with Crippen LogP contribution in [0.3, 0.4) is 0 Å².